The maximum Gasteiger partial charge on any atom is 0.149 e. The number of benzene rings is 1. The molecule has 5 heteroatoms. The lowest BCUT2D eigenvalue weighted by Crippen LogP contribution is -2.21. The molecule has 2 rings (SSSR count). The van der Waals surface area contributed by atoms with Gasteiger partial charge in [0.1, 0.15) is 10.0 Å². The van der Waals surface area contributed by atoms with E-state index in [9.17, 15) is 0 Å². The van der Waals surface area contributed by atoms with Gasteiger partial charge < -0.3 is 5.32 Å². The highest BCUT2D eigenvalue weighted by Crippen LogP contribution is 2.30. The lowest BCUT2D eigenvalue weighted by Gasteiger charge is -2.05. The van der Waals surface area contributed by atoms with E-state index in [1.54, 1.807) is 11.3 Å². The van der Waals surface area contributed by atoms with Crippen molar-refractivity contribution in [3.05, 3.63) is 34.3 Å². The molecule has 3 nitrogen and oxygen atoms in total. The van der Waals surface area contributed by atoms with Crippen LogP contribution in [0.1, 0.15) is 25.3 Å². The number of hydrogen-bond acceptors (Lipinski definition) is 4. The van der Waals surface area contributed by atoms with Crippen molar-refractivity contribution in [2.45, 2.75) is 26.7 Å². The highest BCUT2D eigenvalue weighted by Gasteiger charge is 2.09. The molecule has 0 atom stereocenters. The summed E-state index contributed by atoms with van der Waals surface area (Å²) in [6.07, 6.45) is 2.05. The van der Waals surface area contributed by atoms with E-state index in [-0.39, 0.29) is 0 Å². The van der Waals surface area contributed by atoms with Crippen molar-refractivity contribution >= 4 is 22.9 Å². The van der Waals surface area contributed by atoms with Crippen LogP contribution in [0.4, 0.5) is 0 Å². The number of nitrogens with zero attached hydrogens (tertiary/aromatic N) is 2. The molecule has 0 unspecified atom stereocenters. The van der Waals surface area contributed by atoms with Crippen molar-refractivity contribution in [2.24, 2.45) is 5.92 Å². The minimum absolute atomic E-state index is 0.698. The Morgan fingerprint density at radius 3 is 2.80 bits per heavy atom. The summed E-state index contributed by atoms with van der Waals surface area (Å²) in [6.45, 7) is 6.53. The molecule has 20 heavy (non-hydrogen) atoms. The Labute approximate surface area is 129 Å². The molecule has 0 aliphatic carbocycles. The normalized spacial score (nSPS) is 11.2. The first-order chi connectivity index (χ1) is 9.66. The predicted molar refractivity (Wildman–Crippen MR) is 86.4 cm³/mol. The summed E-state index contributed by atoms with van der Waals surface area (Å²) in [5.41, 5.74) is 0.968. The number of nitrogens with one attached hydrogen (secondary N) is 1. The smallest absolute Gasteiger partial charge is 0.149 e. The maximum atomic E-state index is 6.17. The van der Waals surface area contributed by atoms with Gasteiger partial charge in [-0.05, 0) is 31.5 Å². The van der Waals surface area contributed by atoms with Crippen LogP contribution < -0.4 is 5.32 Å². The van der Waals surface area contributed by atoms with Crippen molar-refractivity contribution in [2.75, 3.05) is 13.1 Å². The first kappa shape index (κ1) is 15.4. The van der Waals surface area contributed by atoms with Crippen molar-refractivity contribution < 1.29 is 0 Å². The van der Waals surface area contributed by atoms with Crippen LogP contribution >= 0.6 is 22.9 Å². The van der Waals surface area contributed by atoms with Crippen molar-refractivity contribution in [3.63, 3.8) is 0 Å². The van der Waals surface area contributed by atoms with Gasteiger partial charge in [-0.2, -0.15) is 0 Å². The largest absolute Gasteiger partial charge is 0.316 e. The van der Waals surface area contributed by atoms with Gasteiger partial charge in [-0.25, -0.2) is 0 Å². The molecule has 2 aromatic rings. The molecule has 0 aliphatic rings. The Morgan fingerprint density at radius 2 is 2.05 bits per heavy atom. The third kappa shape index (κ3) is 4.54. The summed E-state index contributed by atoms with van der Waals surface area (Å²) in [7, 11) is 0. The fourth-order valence-electron chi connectivity index (χ4n) is 1.85. The molecule has 0 amide bonds. The Hall–Kier alpha value is -0.970. The number of hydrogen-bond donors (Lipinski definition) is 1. The number of aryl methyl sites for hydroxylation is 1. The Bertz CT molecular complexity index is 539. The van der Waals surface area contributed by atoms with Gasteiger partial charge >= 0.3 is 0 Å². The van der Waals surface area contributed by atoms with Crippen LogP contribution in [0.25, 0.3) is 10.6 Å². The Kier molecular flexibility index (Phi) is 5.95. The monoisotopic (exact) mass is 309 g/mol. The summed E-state index contributed by atoms with van der Waals surface area (Å²) >= 11 is 7.80. The van der Waals surface area contributed by atoms with Crippen LogP contribution in [0.5, 0.6) is 0 Å². The van der Waals surface area contributed by atoms with Crippen LogP contribution in [0, 0.1) is 5.92 Å². The van der Waals surface area contributed by atoms with Crippen LogP contribution in [0.15, 0.2) is 24.3 Å². The summed E-state index contributed by atoms with van der Waals surface area (Å²) in [4.78, 5) is 0. The average molecular weight is 310 g/mol. The maximum absolute atomic E-state index is 6.17. The van der Waals surface area contributed by atoms with Gasteiger partial charge in [0.05, 0.1) is 5.02 Å². The van der Waals surface area contributed by atoms with E-state index in [1.807, 2.05) is 24.3 Å². The second-order valence-corrected chi connectivity index (χ2v) is 6.65. The van der Waals surface area contributed by atoms with Gasteiger partial charge in [-0.3, -0.25) is 0 Å². The quantitative estimate of drug-likeness (QED) is 0.784. The SMILES string of the molecule is CC(C)CNCCCc1nnc(-c2ccccc2Cl)s1. The van der Waals surface area contributed by atoms with Crippen molar-refractivity contribution in [1.29, 1.82) is 0 Å². The number of aromatic nitrogens is 2. The molecular formula is C15H20ClN3S. The second kappa shape index (κ2) is 7.72. The van der Waals surface area contributed by atoms with Crippen LogP contribution in [0.2, 0.25) is 5.02 Å². The molecule has 1 aromatic heterocycles. The molecule has 0 bridgehead atoms. The predicted octanol–water partition coefficient (Wildman–Crippen LogP) is 4.04. The van der Waals surface area contributed by atoms with Gasteiger partial charge in [0.15, 0.2) is 0 Å². The van der Waals surface area contributed by atoms with Crippen LogP contribution in [-0.2, 0) is 6.42 Å². The first-order valence-electron chi connectivity index (χ1n) is 6.95. The highest BCUT2D eigenvalue weighted by atomic mass is 35.5. The van der Waals surface area contributed by atoms with Crippen LogP contribution in [0.3, 0.4) is 0 Å². The Balaban J connectivity index is 1.85. The zero-order valence-electron chi connectivity index (χ0n) is 11.9. The molecule has 0 fully saturated rings. The summed E-state index contributed by atoms with van der Waals surface area (Å²) < 4.78 is 0. The molecule has 0 radical (unpaired) electrons. The average Bonchev–Trinajstić information content (AvgIpc) is 2.87. The molecule has 0 saturated carbocycles. The number of halogens is 1. The van der Waals surface area contributed by atoms with Gasteiger partial charge in [-0.1, -0.05) is 55.0 Å². The van der Waals surface area contributed by atoms with Gasteiger partial charge in [0.2, 0.25) is 0 Å². The van der Waals surface area contributed by atoms with Gasteiger partial charge in [-0.15, -0.1) is 10.2 Å². The fraction of sp³-hybridized carbons (Fsp3) is 0.467. The van der Waals surface area contributed by atoms with Gasteiger partial charge in [0, 0.05) is 12.0 Å². The van der Waals surface area contributed by atoms with E-state index >= 15 is 0 Å². The zero-order valence-corrected chi connectivity index (χ0v) is 13.5. The van der Waals surface area contributed by atoms with E-state index in [0.717, 1.165) is 46.5 Å². The molecule has 1 aromatic carbocycles. The molecular weight excluding hydrogens is 290 g/mol. The number of rotatable bonds is 7. The molecule has 0 aliphatic heterocycles. The third-order valence-electron chi connectivity index (χ3n) is 2.87. The molecule has 108 valence electrons. The topological polar surface area (TPSA) is 37.8 Å². The minimum atomic E-state index is 0.698. The highest BCUT2D eigenvalue weighted by molar-refractivity contribution is 7.14. The van der Waals surface area contributed by atoms with Crippen molar-refractivity contribution in [3.8, 4) is 10.6 Å². The van der Waals surface area contributed by atoms with Gasteiger partial charge in [0.25, 0.3) is 0 Å². The van der Waals surface area contributed by atoms with E-state index < -0.39 is 0 Å². The summed E-state index contributed by atoms with van der Waals surface area (Å²) in [5, 5.41) is 14.6. The third-order valence-corrected chi connectivity index (χ3v) is 4.21. The van der Waals surface area contributed by atoms with E-state index in [2.05, 4.69) is 29.4 Å². The molecule has 0 spiro atoms. The molecule has 1 N–H and O–H groups in total. The standard InChI is InChI=1S/C15H20ClN3S/c1-11(2)10-17-9-5-8-14-18-19-15(20-14)12-6-3-4-7-13(12)16/h3-4,6-7,11,17H,5,8-10H2,1-2H3. The zero-order chi connectivity index (χ0) is 14.4. The second-order valence-electron chi connectivity index (χ2n) is 5.18. The fourth-order valence-corrected chi connectivity index (χ4v) is 3.06. The van der Waals surface area contributed by atoms with E-state index in [4.69, 9.17) is 11.6 Å². The molecule has 0 saturated heterocycles. The Morgan fingerprint density at radius 1 is 1.25 bits per heavy atom. The summed E-state index contributed by atoms with van der Waals surface area (Å²) in [6, 6.07) is 7.76. The lowest BCUT2D eigenvalue weighted by atomic mass is 10.2. The lowest BCUT2D eigenvalue weighted by molar-refractivity contribution is 0.542. The van der Waals surface area contributed by atoms with Crippen LogP contribution in [-0.4, -0.2) is 23.3 Å². The minimum Gasteiger partial charge on any atom is -0.316 e. The van der Waals surface area contributed by atoms with Crippen molar-refractivity contribution in [1.82, 2.24) is 15.5 Å². The summed E-state index contributed by atoms with van der Waals surface area (Å²) in [5.74, 6) is 0.698. The van der Waals surface area contributed by atoms with E-state index in [1.165, 1.54) is 0 Å². The molecule has 1 heterocycles. The van der Waals surface area contributed by atoms with E-state index in [0.29, 0.717) is 5.92 Å². The first-order valence-corrected chi connectivity index (χ1v) is 8.14.